The number of nitrogens with one attached hydrogen (secondary N) is 1. The van der Waals surface area contributed by atoms with Crippen molar-refractivity contribution in [3.8, 4) is 17.2 Å². The van der Waals surface area contributed by atoms with E-state index in [1.165, 1.54) is 10.5 Å². The Morgan fingerprint density at radius 3 is 2.64 bits per heavy atom. The number of likely N-dealkylation sites (tertiary alicyclic amines) is 1. The highest BCUT2D eigenvalue weighted by atomic mass is 16.7. The van der Waals surface area contributed by atoms with Crippen LogP contribution in [0.15, 0.2) is 42.5 Å². The number of ether oxygens (including phenoxy) is 3. The average Bonchev–Trinajstić information content (AvgIpc) is 3.29. The molecule has 2 aromatic carbocycles. The number of fused-ring (bicyclic) bond motifs is 1. The second-order valence-corrected chi connectivity index (χ2v) is 8.95. The van der Waals surface area contributed by atoms with E-state index in [4.69, 9.17) is 14.2 Å². The molecule has 0 aromatic heterocycles. The first-order chi connectivity index (χ1) is 16.0. The third-order valence-corrected chi connectivity index (χ3v) is 6.91. The lowest BCUT2D eigenvalue weighted by Gasteiger charge is -2.33. The molecule has 0 radical (unpaired) electrons. The van der Waals surface area contributed by atoms with Gasteiger partial charge in [0.05, 0.1) is 13.8 Å². The van der Waals surface area contributed by atoms with Crippen molar-refractivity contribution in [2.45, 2.75) is 44.2 Å². The van der Waals surface area contributed by atoms with Gasteiger partial charge in [0.25, 0.3) is 5.91 Å². The van der Waals surface area contributed by atoms with Crippen molar-refractivity contribution in [2.75, 3.05) is 27.1 Å². The highest BCUT2D eigenvalue weighted by Gasteiger charge is 2.50. The van der Waals surface area contributed by atoms with Gasteiger partial charge in [-0.2, -0.15) is 0 Å². The number of hydrogen-bond acceptors (Lipinski definition) is 6. The lowest BCUT2D eigenvalue weighted by molar-refractivity contribution is -0.132. The minimum atomic E-state index is -1.15. The van der Waals surface area contributed by atoms with Gasteiger partial charge in [0.1, 0.15) is 11.3 Å². The summed E-state index contributed by atoms with van der Waals surface area (Å²) in [6.07, 6.45) is 4.27. The minimum absolute atomic E-state index is 0.136. The molecule has 2 saturated heterocycles. The van der Waals surface area contributed by atoms with Crippen LogP contribution in [0.3, 0.4) is 0 Å². The fraction of sp³-hybridized carbons (Fsp3) is 0.440. The Bertz CT molecular complexity index is 1060. The second-order valence-electron chi connectivity index (χ2n) is 8.95. The lowest BCUT2D eigenvalue weighted by Crippen LogP contribution is -2.45. The molecule has 33 heavy (non-hydrogen) atoms. The molecule has 0 spiro atoms. The van der Waals surface area contributed by atoms with Crippen LogP contribution in [0.25, 0.3) is 0 Å². The number of carbonyl (C=O) groups is 2. The number of amides is 3. The van der Waals surface area contributed by atoms with Gasteiger partial charge in [-0.3, -0.25) is 9.69 Å². The third-order valence-electron chi connectivity index (χ3n) is 6.91. The summed E-state index contributed by atoms with van der Waals surface area (Å²) in [7, 11) is 1.65. The van der Waals surface area contributed by atoms with E-state index in [9.17, 15) is 9.59 Å². The highest BCUT2D eigenvalue weighted by Crippen LogP contribution is 2.38. The van der Waals surface area contributed by atoms with E-state index in [1.54, 1.807) is 32.2 Å². The van der Waals surface area contributed by atoms with E-state index in [1.807, 2.05) is 12.1 Å². The molecule has 5 rings (SSSR count). The summed E-state index contributed by atoms with van der Waals surface area (Å²) >= 11 is 0. The zero-order valence-corrected chi connectivity index (χ0v) is 19.0. The summed E-state index contributed by atoms with van der Waals surface area (Å²) in [4.78, 5) is 30.1. The third kappa shape index (κ3) is 3.88. The van der Waals surface area contributed by atoms with Crippen LogP contribution < -0.4 is 19.5 Å². The van der Waals surface area contributed by atoms with E-state index in [-0.39, 0.29) is 31.4 Å². The van der Waals surface area contributed by atoms with Gasteiger partial charge in [-0.25, -0.2) is 9.69 Å². The molecule has 2 fully saturated rings. The first kappa shape index (κ1) is 21.6. The quantitative estimate of drug-likeness (QED) is 0.698. The van der Waals surface area contributed by atoms with Gasteiger partial charge >= 0.3 is 6.03 Å². The monoisotopic (exact) mass is 451 g/mol. The normalized spacial score (nSPS) is 25.2. The minimum Gasteiger partial charge on any atom is -0.497 e. The van der Waals surface area contributed by atoms with Crippen molar-refractivity contribution in [3.05, 3.63) is 53.6 Å². The van der Waals surface area contributed by atoms with Gasteiger partial charge in [0, 0.05) is 12.6 Å². The van der Waals surface area contributed by atoms with Crippen LogP contribution in [0.5, 0.6) is 17.2 Å². The fourth-order valence-corrected chi connectivity index (χ4v) is 4.95. The zero-order valence-electron chi connectivity index (χ0n) is 19.0. The maximum atomic E-state index is 13.6. The van der Waals surface area contributed by atoms with Crippen molar-refractivity contribution in [3.63, 3.8) is 0 Å². The van der Waals surface area contributed by atoms with Crippen LogP contribution >= 0.6 is 0 Å². The number of carbonyl (C=O) groups excluding carboxylic acids is 2. The Hall–Kier alpha value is -3.26. The predicted molar refractivity (Wildman–Crippen MR) is 121 cm³/mol. The summed E-state index contributed by atoms with van der Waals surface area (Å²) in [6, 6.07) is 13.2. The van der Waals surface area contributed by atoms with Gasteiger partial charge in [-0.15, -0.1) is 0 Å². The molecule has 3 heterocycles. The van der Waals surface area contributed by atoms with Gasteiger partial charge in [0.15, 0.2) is 11.5 Å². The average molecular weight is 452 g/mol. The predicted octanol–water partition coefficient (Wildman–Crippen LogP) is 3.77. The Morgan fingerprint density at radius 2 is 1.85 bits per heavy atom. The summed E-state index contributed by atoms with van der Waals surface area (Å²) in [5, 5.41) is 2.91. The van der Waals surface area contributed by atoms with Crippen molar-refractivity contribution < 1.29 is 23.8 Å². The largest absolute Gasteiger partial charge is 0.497 e. The standard InChI is InChI=1S/C25H29N3O5/c1-25(18-9-12-21-22(14-18)33-16-32-21)23(29)28(24(30)26-25)15-27-13-5-3-4-6-20(27)17-7-10-19(31-2)11-8-17/h7-12,14,20H,3-6,13,15-16H2,1-2H3,(H,26,30)/t20-,25-/m0/s1. The Labute approximate surface area is 193 Å². The van der Waals surface area contributed by atoms with Crippen LogP contribution in [-0.2, 0) is 10.3 Å². The van der Waals surface area contributed by atoms with E-state index < -0.39 is 5.54 Å². The molecule has 3 aliphatic heterocycles. The van der Waals surface area contributed by atoms with Gasteiger partial charge in [-0.1, -0.05) is 31.0 Å². The van der Waals surface area contributed by atoms with Crippen LogP contribution in [-0.4, -0.2) is 48.9 Å². The Kier molecular flexibility index (Phi) is 5.62. The van der Waals surface area contributed by atoms with Crippen LogP contribution in [0.4, 0.5) is 4.79 Å². The first-order valence-corrected chi connectivity index (χ1v) is 11.4. The molecule has 0 bridgehead atoms. The smallest absolute Gasteiger partial charge is 0.326 e. The number of hydrogen-bond donors (Lipinski definition) is 1. The number of urea groups is 1. The number of nitrogens with zero attached hydrogens (tertiary/aromatic N) is 2. The Morgan fingerprint density at radius 1 is 1.06 bits per heavy atom. The molecule has 174 valence electrons. The van der Waals surface area contributed by atoms with E-state index >= 15 is 0 Å². The molecule has 3 aliphatic rings. The highest BCUT2D eigenvalue weighted by molar-refractivity contribution is 6.07. The molecule has 8 nitrogen and oxygen atoms in total. The van der Waals surface area contributed by atoms with Crippen LogP contribution in [0.2, 0.25) is 0 Å². The first-order valence-electron chi connectivity index (χ1n) is 11.4. The van der Waals surface area contributed by atoms with Crippen molar-refractivity contribution in [2.24, 2.45) is 0 Å². The van der Waals surface area contributed by atoms with Crippen molar-refractivity contribution in [1.82, 2.24) is 15.1 Å². The Balaban J connectivity index is 1.38. The summed E-state index contributed by atoms with van der Waals surface area (Å²) in [6.45, 7) is 2.98. The molecular weight excluding hydrogens is 422 g/mol. The van der Waals surface area contributed by atoms with Gasteiger partial charge in [-0.05, 0) is 55.2 Å². The molecule has 0 unspecified atom stereocenters. The molecule has 3 amide bonds. The SMILES string of the molecule is COc1ccc([C@@H]2CCCCCN2CN2C(=O)N[C@@](C)(c3ccc4c(c3)OCO4)C2=O)cc1. The number of methoxy groups -OCH3 is 1. The summed E-state index contributed by atoms with van der Waals surface area (Å²) in [5.41, 5.74) is 0.693. The number of benzene rings is 2. The van der Waals surface area contributed by atoms with E-state index in [0.29, 0.717) is 17.1 Å². The number of rotatable bonds is 5. The maximum absolute atomic E-state index is 13.6. The van der Waals surface area contributed by atoms with Crippen LogP contribution in [0.1, 0.15) is 49.8 Å². The molecule has 1 N–H and O–H groups in total. The molecular formula is C25H29N3O5. The molecule has 0 aliphatic carbocycles. The maximum Gasteiger partial charge on any atom is 0.326 e. The molecule has 2 aromatic rings. The zero-order chi connectivity index (χ0) is 23.0. The van der Waals surface area contributed by atoms with E-state index in [2.05, 4.69) is 22.3 Å². The summed E-state index contributed by atoms with van der Waals surface area (Å²) < 4.78 is 16.2. The molecule has 0 saturated carbocycles. The van der Waals surface area contributed by atoms with Crippen molar-refractivity contribution >= 4 is 11.9 Å². The van der Waals surface area contributed by atoms with Gasteiger partial charge < -0.3 is 19.5 Å². The van der Waals surface area contributed by atoms with Crippen molar-refractivity contribution in [1.29, 1.82) is 0 Å². The lowest BCUT2D eigenvalue weighted by atomic mass is 9.91. The molecule has 8 heteroatoms. The summed E-state index contributed by atoms with van der Waals surface area (Å²) in [5.74, 6) is 1.78. The van der Waals surface area contributed by atoms with Gasteiger partial charge in [0.2, 0.25) is 6.79 Å². The second kappa shape index (κ2) is 8.59. The van der Waals surface area contributed by atoms with E-state index in [0.717, 1.165) is 38.0 Å². The number of imide groups is 1. The topological polar surface area (TPSA) is 80.3 Å². The van der Waals surface area contributed by atoms with Crippen LogP contribution in [0, 0.1) is 0 Å². The fourth-order valence-electron chi connectivity index (χ4n) is 4.95. The molecule has 2 atom stereocenters.